The lowest BCUT2D eigenvalue weighted by Gasteiger charge is -2.27. The van der Waals surface area contributed by atoms with Gasteiger partial charge in [0.15, 0.2) is 0 Å². The number of nitrogens with one attached hydrogen (secondary N) is 1. The van der Waals surface area contributed by atoms with Gasteiger partial charge in [0.25, 0.3) is 0 Å². The van der Waals surface area contributed by atoms with Crippen LogP contribution in [0, 0.1) is 5.92 Å². The van der Waals surface area contributed by atoms with Gasteiger partial charge in [-0.15, -0.1) is 0 Å². The summed E-state index contributed by atoms with van der Waals surface area (Å²) in [4.78, 5) is 11.3. The molecule has 0 aliphatic carbocycles. The van der Waals surface area contributed by atoms with E-state index in [1.165, 1.54) is 38.5 Å². The Morgan fingerprint density at radius 2 is 2.14 bits per heavy atom. The standard InChI is InChI=1S/C12H23NO/c1-3-4-5-6-7-11-8-10(2)13-12(14)9-11/h10-11H,3-9H2,1-2H3,(H,13,14). The molecule has 82 valence electrons. The molecule has 0 aromatic rings. The normalized spacial score (nSPS) is 27.4. The molecule has 14 heavy (non-hydrogen) atoms. The van der Waals surface area contributed by atoms with Gasteiger partial charge in [-0.2, -0.15) is 0 Å². The monoisotopic (exact) mass is 197 g/mol. The highest BCUT2D eigenvalue weighted by Crippen LogP contribution is 2.22. The summed E-state index contributed by atoms with van der Waals surface area (Å²) in [7, 11) is 0. The zero-order chi connectivity index (χ0) is 10.4. The molecule has 0 aromatic carbocycles. The maximum Gasteiger partial charge on any atom is 0.220 e. The number of hydrogen-bond acceptors (Lipinski definition) is 1. The van der Waals surface area contributed by atoms with Crippen molar-refractivity contribution in [3.63, 3.8) is 0 Å². The fraction of sp³-hybridized carbons (Fsp3) is 0.917. The van der Waals surface area contributed by atoms with E-state index < -0.39 is 0 Å². The van der Waals surface area contributed by atoms with E-state index in [0.29, 0.717) is 12.0 Å². The molecule has 0 saturated carbocycles. The number of rotatable bonds is 5. The molecule has 1 saturated heterocycles. The molecule has 0 radical (unpaired) electrons. The third kappa shape index (κ3) is 4.12. The lowest BCUT2D eigenvalue weighted by molar-refractivity contribution is -0.124. The number of amides is 1. The van der Waals surface area contributed by atoms with Gasteiger partial charge in [0, 0.05) is 12.5 Å². The molecule has 0 spiro atoms. The van der Waals surface area contributed by atoms with E-state index >= 15 is 0 Å². The minimum atomic E-state index is 0.254. The first-order valence-corrected chi connectivity index (χ1v) is 6.01. The second kappa shape index (κ2) is 6.05. The van der Waals surface area contributed by atoms with Crippen LogP contribution in [0.25, 0.3) is 0 Å². The molecule has 1 rings (SSSR count). The maximum absolute atomic E-state index is 11.3. The number of unbranched alkanes of at least 4 members (excludes halogenated alkanes) is 3. The van der Waals surface area contributed by atoms with Crippen LogP contribution in [-0.2, 0) is 4.79 Å². The molecule has 0 bridgehead atoms. The first-order valence-electron chi connectivity index (χ1n) is 6.01. The number of hydrogen-bond donors (Lipinski definition) is 1. The summed E-state index contributed by atoms with van der Waals surface area (Å²) in [6.07, 6.45) is 8.46. The Balaban J connectivity index is 2.14. The SMILES string of the molecule is CCCCCCC1CC(=O)NC(C)C1. The van der Waals surface area contributed by atoms with Crippen molar-refractivity contribution in [3.05, 3.63) is 0 Å². The van der Waals surface area contributed by atoms with E-state index in [2.05, 4.69) is 19.2 Å². The van der Waals surface area contributed by atoms with Crippen molar-refractivity contribution in [2.45, 2.75) is 64.8 Å². The van der Waals surface area contributed by atoms with Crippen molar-refractivity contribution in [3.8, 4) is 0 Å². The lowest BCUT2D eigenvalue weighted by Crippen LogP contribution is -2.40. The zero-order valence-electron chi connectivity index (χ0n) is 9.51. The van der Waals surface area contributed by atoms with E-state index in [-0.39, 0.29) is 5.91 Å². The quantitative estimate of drug-likeness (QED) is 0.675. The number of piperidine rings is 1. The van der Waals surface area contributed by atoms with Gasteiger partial charge in [-0.3, -0.25) is 4.79 Å². The summed E-state index contributed by atoms with van der Waals surface area (Å²) in [5.74, 6) is 0.903. The minimum absolute atomic E-state index is 0.254. The molecular weight excluding hydrogens is 174 g/mol. The Kier molecular flexibility index (Phi) is 4.99. The van der Waals surface area contributed by atoms with Crippen molar-refractivity contribution >= 4 is 5.91 Å². The Hall–Kier alpha value is -0.530. The Bertz CT molecular complexity index is 179. The molecule has 1 aliphatic rings. The Labute approximate surface area is 87.5 Å². The van der Waals surface area contributed by atoms with Gasteiger partial charge in [-0.1, -0.05) is 32.6 Å². The van der Waals surface area contributed by atoms with Crippen molar-refractivity contribution < 1.29 is 4.79 Å². The Morgan fingerprint density at radius 1 is 1.36 bits per heavy atom. The zero-order valence-corrected chi connectivity index (χ0v) is 9.51. The van der Waals surface area contributed by atoms with Crippen LogP contribution in [0.1, 0.15) is 58.8 Å². The second-order valence-electron chi connectivity index (χ2n) is 4.62. The first kappa shape index (κ1) is 11.5. The summed E-state index contributed by atoms with van der Waals surface area (Å²) in [6.45, 7) is 4.34. The van der Waals surface area contributed by atoms with Crippen LogP contribution in [0.15, 0.2) is 0 Å². The van der Waals surface area contributed by atoms with Crippen LogP contribution >= 0.6 is 0 Å². The van der Waals surface area contributed by atoms with Gasteiger partial charge >= 0.3 is 0 Å². The second-order valence-corrected chi connectivity index (χ2v) is 4.62. The highest BCUT2D eigenvalue weighted by molar-refractivity contribution is 5.77. The van der Waals surface area contributed by atoms with Gasteiger partial charge in [-0.05, 0) is 25.7 Å². The molecule has 0 aromatic heterocycles. The highest BCUT2D eigenvalue weighted by atomic mass is 16.1. The summed E-state index contributed by atoms with van der Waals surface area (Å²) >= 11 is 0. The molecule has 1 aliphatic heterocycles. The Morgan fingerprint density at radius 3 is 2.79 bits per heavy atom. The van der Waals surface area contributed by atoms with Crippen LogP contribution < -0.4 is 5.32 Å². The van der Waals surface area contributed by atoms with E-state index in [0.717, 1.165) is 6.42 Å². The van der Waals surface area contributed by atoms with Gasteiger partial charge in [0.05, 0.1) is 0 Å². The van der Waals surface area contributed by atoms with E-state index in [1.54, 1.807) is 0 Å². The van der Waals surface area contributed by atoms with Gasteiger partial charge in [-0.25, -0.2) is 0 Å². The van der Waals surface area contributed by atoms with Crippen LogP contribution in [0.2, 0.25) is 0 Å². The van der Waals surface area contributed by atoms with Crippen molar-refractivity contribution in [2.24, 2.45) is 5.92 Å². The predicted molar refractivity (Wildman–Crippen MR) is 59.1 cm³/mol. The molecule has 1 fully saturated rings. The van der Waals surface area contributed by atoms with Crippen LogP contribution in [0.5, 0.6) is 0 Å². The lowest BCUT2D eigenvalue weighted by atomic mass is 9.88. The summed E-state index contributed by atoms with van der Waals surface area (Å²) in [5, 5.41) is 2.97. The smallest absolute Gasteiger partial charge is 0.220 e. The first-order chi connectivity index (χ1) is 6.72. The fourth-order valence-corrected chi connectivity index (χ4v) is 2.32. The van der Waals surface area contributed by atoms with Gasteiger partial charge in [0.2, 0.25) is 5.91 Å². The number of carbonyl (C=O) groups is 1. The molecular formula is C12H23NO. The average Bonchev–Trinajstić information content (AvgIpc) is 2.11. The van der Waals surface area contributed by atoms with Crippen LogP contribution in [0.4, 0.5) is 0 Å². The third-order valence-electron chi connectivity index (χ3n) is 3.03. The molecule has 1 heterocycles. The van der Waals surface area contributed by atoms with Crippen LogP contribution in [0.3, 0.4) is 0 Å². The topological polar surface area (TPSA) is 29.1 Å². The van der Waals surface area contributed by atoms with E-state index in [1.807, 2.05) is 0 Å². The largest absolute Gasteiger partial charge is 0.354 e. The highest BCUT2D eigenvalue weighted by Gasteiger charge is 2.22. The maximum atomic E-state index is 11.3. The average molecular weight is 197 g/mol. The van der Waals surface area contributed by atoms with Crippen molar-refractivity contribution in [2.75, 3.05) is 0 Å². The van der Waals surface area contributed by atoms with E-state index in [9.17, 15) is 4.79 Å². The van der Waals surface area contributed by atoms with Gasteiger partial charge < -0.3 is 5.32 Å². The fourth-order valence-electron chi connectivity index (χ4n) is 2.32. The number of carbonyl (C=O) groups excluding carboxylic acids is 1. The molecule has 2 heteroatoms. The molecule has 2 unspecified atom stereocenters. The van der Waals surface area contributed by atoms with E-state index in [4.69, 9.17) is 0 Å². The van der Waals surface area contributed by atoms with Crippen molar-refractivity contribution in [1.82, 2.24) is 5.32 Å². The van der Waals surface area contributed by atoms with Crippen LogP contribution in [-0.4, -0.2) is 11.9 Å². The van der Waals surface area contributed by atoms with Crippen molar-refractivity contribution in [1.29, 1.82) is 0 Å². The molecule has 1 amide bonds. The molecule has 2 nitrogen and oxygen atoms in total. The molecule has 2 atom stereocenters. The third-order valence-corrected chi connectivity index (χ3v) is 3.03. The summed E-state index contributed by atoms with van der Waals surface area (Å²) in [5.41, 5.74) is 0. The van der Waals surface area contributed by atoms with Gasteiger partial charge in [0.1, 0.15) is 0 Å². The molecule has 1 N–H and O–H groups in total. The summed E-state index contributed by atoms with van der Waals surface area (Å²) in [6, 6.07) is 0.396. The predicted octanol–water partition coefficient (Wildman–Crippen LogP) is 2.87. The minimum Gasteiger partial charge on any atom is -0.354 e. The summed E-state index contributed by atoms with van der Waals surface area (Å²) < 4.78 is 0.